The Morgan fingerprint density at radius 3 is 2.22 bits per heavy atom. The van der Waals surface area contributed by atoms with Gasteiger partial charge in [0.1, 0.15) is 0 Å². The summed E-state index contributed by atoms with van der Waals surface area (Å²) in [4.78, 5) is 15.1. The molecule has 1 amide bonds. The quantitative estimate of drug-likeness (QED) is 0.486. The molecule has 54 valence electrons. The van der Waals surface area contributed by atoms with Crippen molar-refractivity contribution >= 4 is 5.91 Å². The van der Waals surface area contributed by atoms with Crippen molar-refractivity contribution in [2.45, 2.75) is 20.3 Å². The van der Waals surface area contributed by atoms with Crippen molar-refractivity contribution in [1.29, 1.82) is 0 Å². The lowest BCUT2D eigenvalue weighted by Gasteiger charge is -2.02. The Hall–Kier alpha value is -0.570. The van der Waals surface area contributed by atoms with Crippen LogP contribution in [0.25, 0.3) is 0 Å². The molecule has 0 unspecified atom stereocenters. The van der Waals surface area contributed by atoms with Gasteiger partial charge in [0.05, 0.1) is 13.0 Å². The zero-order valence-corrected chi connectivity index (χ0v) is 6.18. The fourth-order valence-corrected chi connectivity index (χ4v) is 0.499. The number of rotatable bonds is 0. The summed E-state index contributed by atoms with van der Waals surface area (Å²) in [5, 5.41) is 1.26. The van der Waals surface area contributed by atoms with E-state index in [9.17, 15) is 4.79 Å². The van der Waals surface area contributed by atoms with E-state index in [0.717, 1.165) is 0 Å². The second-order valence-electron chi connectivity index (χ2n) is 1.47. The smallest absolute Gasteiger partial charge is 0.248 e. The summed E-state index contributed by atoms with van der Waals surface area (Å²) in [6.45, 7) is 4.55. The molecule has 3 nitrogen and oxygen atoms in total. The van der Waals surface area contributed by atoms with Crippen LogP contribution >= 0.6 is 0 Å². The first-order valence-electron chi connectivity index (χ1n) is 3.20. The fraction of sp³-hybridized carbons (Fsp3) is 0.833. The summed E-state index contributed by atoms with van der Waals surface area (Å²) < 4.78 is 0. The van der Waals surface area contributed by atoms with Gasteiger partial charge in [0, 0.05) is 7.05 Å². The van der Waals surface area contributed by atoms with E-state index < -0.39 is 0 Å². The summed E-state index contributed by atoms with van der Waals surface area (Å²) in [6.07, 6.45) is 0.538. The maximum Gasteiger partial charge on any atom is 0.248 e. The van der Waals surface area contributed by atoms with Gasteiger partial charge in [-0.3, -0.25) is 9.63 Å². The first kappa shape index (κ1) is 8.43. The molecule has 1 saturated heterocycles. The summed E-state index contributed by atoms with van der Waals surface area (Å²) >= 11 is 0. The highest BCUT2D eigenvalue weighted by Gasteiger charge is 2.15. The molecule has 0 atom stereocenters. The minimum atomic E-state index is 0.0694. The van der Waals surface area contributed by atoms with E-state index >= 15 is 0 Å². The van der Waals surface area contributed by atoms with Crippen molar-refractivity contribution in [3.05, 3.63) is 0 Å². The van der Waals surface area contributed by atoms with Crippen molar-refractivity contribution < 1.29 is 9.63 Å². The van der Waals surface area contributed by atoms with Gasteiger partial charge in [0.25, 0.3) is 0 Å². The molecule has 0 aromatic heterocycles. The number of carbonyl (C=O) groups is 1. The molecular weight excluding hydrogens is 118 g/mol. The first-order valence-corrected chi connectivity index (χ1v) is 3.20. The number of amides is 1. The molecule has 1 heterocycles. The zero-order chi connectivity index (χ0) is 7.28. The van der Waals surface area contributed by atoms with Gasteiger partial charge < -0.3 is 0 Å². The summed E-state index contributed by atoms with van der Waals surface area (Å²) in [7, 11) is 1.62. The average molecular weight is 131 g/mol. The second kappa shape index (κ2) is 4.32. The normalized spacial score (nSPS) is 17.2. The molecule has 1 aliphatic heterocycles. The molecule has 0 aromatic rings. The van der Waals surface area contributed by atoms with Gasteiger partial charge in [0.15, 0.2) is 0 Å². The molecule has 0 bridgehead atoms. The number of hydrogen-bond donors (Lipinski definition) is 0. The van der Waals surface area contributed by atoms with Crippen molar-refractivity contribution in [2.24, 2.45) is 0 Å². The Morgan fingerprint density at radius 2 is 2.11 bits per heavy atom. The Labute approximate surface area is 55.6 Å². The molecule has 0 N–H and O–H groups in total. The maximum absolute atomic E-state index is 10.4. The predicted octanol–water partition coefficient (Wildman–Crippen LogP) is 0.806. The van der Waals surface area contributed by atoms with Crippen molar-refractivity contribution in [3.63, 3.8) is 0 Å². The number of hydroxylamine groups is 2. The lowest BCUT2D eigenvalue weighted by molar-refractivity contribution is -0.154. The summed E-state index contributed by atoms with van der Waals surface area (Å²) in [6, 6.07) is 0. The van der Waals surface area contributed by atoms with Gasteiger partial charge in [0.2, 0.25) is 5.91 Å². The number of hydrogen-bond acceptors (Lipinski definition) is 2. The summed E-state index contributed by atoms with van der Waals surface area (Å²) in [5.41, 5.74) is 0. The van der Waals surface area contributed by atoms with Crippen molar-refractivity contribution in [1.82, 2.24) is 5.06 Å². The largest absolute Gasteiger partial charge is 0.273 e. The third-order valence-corrected chi connectivity index (χ3v) is 0.952. The van der Waals surface area contributed by atoms with Crippen LogP contribution in [0.1, 0.15) is 20.3 Å². The standard InChI is InChI=1S/C4H7NO2.C2H6/c1-5-4(6)2-3-7-5;1-2/h2-3H2,1H3;1-2H3. The van der Waals surface area contributed by atoms with Crippen LogP contribution in [0.2, 0.25) is 0 Å². The molecule has 1 aliphatic rings. The monoisotopic (exact) mass is 131 g/mol. The molecule has 9 heavy (non-hydrogen) atoms. The SMILES string of the molecule is CC.CN1OCCC1=O. The fourth-order valence-electron chi connectivity index (χ4n) is 0.499. The molecule has 0 aliphatic carbocycles. The number of nitrogens with zero attached hydrogens (tertiary/aromatic N) is 1. The molecule has 3 heteroatoms. The van der Waals surface area contributed by atoms with Crippen molar-refractivity contribution in [2.75, 3.05) is 13.7 Å². The minimum absolute atomic E-state index is 0.0694. The van der Waals surface area contributed by atoms with Crippen molar-refractivity contribution in [3.8, 4) is 0 Å². The van der Waals surface area contributed by atoms with E-state index in [2.05, 4.69) is 0 Å². The first-order chi connectivity index (χ1) is 4.30. The second-order valence-corrected chi connectivity index (χ2v) is 1.47. The summed E-state index contributed by atoms with van der Waals surface area (Å²) in [5.74, 6) is 0.0694. The molecule has 0 radical (unpaired) electrons. The van der Waals surface area contributed by atoms with Gasteiger partial charge >= 0.3 is 0 Å². The lowest BCUT2D eigenvalue weighted by atomic mass is 10.5. The van der Waals surface area contributed by atoms with Crippen LogP contribution in [0.4, 0.5) is 0 Å². The van der Waals surface area contributed by atoms with Crippen LogP contribution in [0.15, 0.2) is 0 Å². The van der Waals surface area contributed by atoms with Crippen LogP contribution in [0.3, 0.4) is 0 Å². The van der Waals surface area contributed by atoms with Gasteiger partial charge in [-0.05, 0) is 0 Å². The molecule has 1 rings (SSSR count). The van der Waals surface area contributed by atoms with Gasteiger partial charge in [-0.1, -0.05) is 13.8 Å². The topological polar surface area (TPSA) is 29.5 Å². The predicted molar refractivity (Wildman–Crippen MR) is 34.7 cm³/mol. The Bertz CT molecular complexity index is 93.1. The van der Waals surface area contributed by atoms with Crippen LogP contribution in [0.5, 0.6) is 0 Å². The number of carbonyl (C=O) groups excluding carboxylic acids is 1. The highest BCUT2D eigenvalue weighted by molar-refractivity contribution is 5.76. The van der Waals surface area contributed by atoms with E-state index in [1.807, 2.05) is 13.8 Å². The maximum atomic E-state index is 10.4. The van der Waals surface area contributed by atoms with E-state index in [4.69, 9.17) is 4.84 Å². The molecule has 0 spiro atoms. The van der Waals surface area contributed by atoms with Crippen LogP contribution < -0.4 is 0 Å². The lowest BCUT2D eigenvalue weighted by Crippen LogP contribution is -2.16. The van der Waals surface area contributed by atoms with E-state index in [-0.39, 0.29) is 5.91 Å². The zero-order valence-electron chi connectivity index (χ0n) is 6.18. The molecule has 0 aromatic carbocycles. The average Bonchev–Trinajstić information content (AvgIpc) is 2.23. The van der Waals surface area contributed by atoms with Gasteiger partial charge in [-0.2, -0.15) is 0 Å². The van der Waals surface area contributed by atoms with Gasteiger partial charge in [-0.15, -0.1) is 0 Å². The van der Waals surface area contributed by atoms with Crippen LogP contribution in [-0.2, 0) is 9.63 Å². The van der Waals surface area contributed by atoms with E-state index in [1.165, 1.54) is 5.06 Å². The third kappa shape index (κ3) is 2.46. The van der Waals surface area contributed by atoms with E-state index in [0.29, 0.717) is 13.0 Å². The highest BCUT2D eigenvalue weighted by atomic mass is 16.7. The molecular formula is C6H13NO2. The Balaban J connectivity index is 0.000000291. The Kier molecular flexibility index (Phi) is 4.05. The highest BCUT2D eigenvalue weighted by Crippen LogP contribution is 2.00. The molecule has 0 saturated carbocycles. The Morgan fingerprint density at radius 1 is 1.56 bits per heavy atom. The van der Waals surface area contributed by atoms with E-state index in [1.54, 1.807) is 7.05 Å². The van der Waals surface area contributed by atoms with Crippen LogP contribution in [-0.4, -0.2) is 24.6 Å². The third-order valence-electron chi connectivity index (χ3n) is 0.952. The minimum Gasteiger partial charge on any atom is -0.273 e. The molecule has 1 fully saturated rings. The van der Waals surface area contributed by atoms with Gasteiger partial charge in [-0.25, -0.2) is 5.06 Å². The van der Waals surface area contributed by atoms with Crippen LogP contribution in [0, 0.1) is 0 Å².